The van der Waals surface area contributed by atoms with Gasteiger partial charge in [0.25, 0.3) is 0 Å². The first kappa shape index (κ1) is 11.4. The van der Waals surface area contributed by atoms with E-state index in [1.165, 1.54) is 0 Å². The minimum atomic E-state index is 0.353. The van der Waals surface area contributed by atoms with Crippen molar-refractivity contribution in [3.63, 3.8) is 0 Å². The smallest absolute Gasteiger partial charge is 0.181 e. The van der Waals surface area contributed by atoms with Crippen LogP contribution in [0.5, 0.6) is 0 Å². The van der Waals surface area contributed by atoms with Crippen LogP contribution < -0.4 is 5.73 Å². The Morgan fingerprint density at radius 2 is 2.06 bits per heavy atom. The van der Waals surface area contributed by atoms with E-state index in [0.717, 1.165) is 30.1 Å². The molecule has 0 fully saturated rings. The van der Waals surface area contributed by atoms with Gasteiger partial charge in [-0.3, -0.25) is 0 Å². The van der Waals surface area contributed by atoms with E-state index in [0.29, 0.717) is 18.5 Å². The van der Waals surface area contributed by atoms with Crippen molar-refractivity contribution in [1.82, 2.24) is 14.8 Å². The Labute approximate surface area is 107 Å². The van der Waals surface area contributed by atoms with Gasteiger partial charge in [0.15, 0.2) is 5.82 Å². The minimum Gasteiger partial charge on any atom is -0.330 e. The summed E-state index contributed by atoms with van der Waals surface area (Å²) >= 11 is 0. The van der Waals surface area contributed by atoms with E-state index in [4.69, 9.17) is 10.7 Å². The quantitative estimate of drug-likeness (QED) is 0.879. The molecule has 0 aliphatic carbocycles. The van der Waals surface area contributed by atoms with Gasteiger partial charge in [-0.2, -0.15) is 5.10 Å². The molecule has 0 spiro atoms. The molecule has 2 atom stereocenters. The predicted octanol–water partition coefficient (Wildman–Crippen LogP) is 2.34. The van der Waals surface area contributed by atoms with Crippen molar-refractivity contribution in [1.29, 1.82) is 0 Å². The van der Waals surface area contributed by atoms with Gasteiger partial charge in [0, 0.05) is 18.0 Å². The maximum absolute atomic E-state index is 5.83. The van der Waals surface area contributed by atoms with Crippen LogP contribution in [0.2, 0.25) is 0 Å². The van der Waals surface area contributed by atoms with Gasteiger partial charge in [0.2, 0.25) is 0 Å². The lowest BCUT2D eigenvalue weighted by Crippen LogP contribution is -2.25. The van der Waals surface area contributed by atoms with Crippen molar-refractivity contribution in [2.45, 2.75) is 31.7 Å². The van der Waals surface area contributed by atoms with Gasteiger partial charge in [0.1, 0.15) is 5.82 Å². The molecule has 3 rings (SSSR count). The topological polar surface area (TPSA) is 56.7 Å². The third-order valence-corrected chi connectivity index (χ3v) is 3.69. The van der Waals surface area contributed by atoms with E-state index in [1.807, 2.05) is 30.3 Å². The SMILES string of the molecule is CC1CCC(CN)c2nc(-c3ccccc3)nn21. The average molecular weight is 242 g/mol. The highest BCUT2D eigenvalue weighted by Gasteiger charge is 2.27. The molecule has 0 saturated heterocycles. The zero-order valence-corrected chi connectivity index (χ0v) is 10.6. The van der Waals surface area contributed by atoms with Crippen LogP contribution in [0.15, 0.2) is 30.3 Å². The Morgan fingerprint density at radius 3 is 2.78 bits per heavy atom. The van der Waals surface area contributed by atoms with Crippen molar-refractivity contribution < 1.29 is 0 Å². The Hall–Kier alpha value is -1.68. The largest absolute Gasteiger partial charge is 0.330 e. The molecular formula is C14H18N4. The molecular weight excluding hydrogens is 224 g/mol. The van der Waals surface area contributed by atoms with E-state index >= 15 is 0 Å². The standard InChI is InChI=1S/C14H18N4/c1-10-7-8-12(9-15)14-16-13(17-18(10)14)11-5-3-2-4-6-11/h2-6,10,12H,7-9,15H2,1H3. The van der Waals surface area contributed by atoms with Gasteiger partial charge in [-0.05, 0) is 19.8 Å². The number of aromatic nitrogens is 3. The molecule has 1 aliphatic heterocycles. The third kappa shape index (κ3) is 1.82. The van der Waals surface area contributed by atoms with Crippen LogP contribution in [0, 0.1) is 0 Å². The van der Waals surface area contributed by atoms with E-state index in [9.17, 15) is 0 Å². The van der Waals surface area contributed by atoms with Gasteiger partial charge in [-0.15, -0.1) is 0 Å². The van der Waals surface area contributed by atoms with Crippen molar-refractivity contribution in [2.75, 3.05) is 6.54 Å². The van der Waals surface area contributed by atoms with Crippen LogP contribution in [0.25, 0.3) is 11.4 Å². The fourth-order valence-corrected chi connectivity index (χ4v) is 2.56. The summed E-state index contributed by atoms with van der Waals surface area (Å²) in [6.45, 7) is 2.85. The first-order valence-corrected chi connectivity index (χ1v) is 6.51. The van der Waals surface area contributed by atoms with Gasteiger partial charge in [-0.25, -0.2) is 9.67 Å². The van der Waals surface area contributed by atoms with Crippen molar-refractivity contribution in [3.05, 3.63) is 36.2 Å². The van der Waals surface area contributed by atoms with Crippen molar-refractivity contribution in [3.8, 4) is 11.4 Å². The van der Waals surface area contributed by atoms with Crippen LogP contribution in [0.4, 0.5) is 0 Å². The molecule has 1 aromatic carbocycles. The highest BCUT2D eigenvalue weighted by atomic mass is 15.4. The number of hydrogen-bond acceptors (Lipinski definition) is 3. The Morgan fingerprint density at radius 1 is 1.28 bits per heavy atom. The number of benzene rings is 1. The third-order valence-electron chi connectivity index (χ3n) is 3.69. The normalized spacial score (nSPS) is 22.8. The second kappa shape index (κ2) is 4.53. The number of hydrogen-bond donors (Lipinski definition) is 1. The Balaban J connectivity index is 2.05. The summed E-state index contributed by atoms with van der Waals surface area (Å²) in [7, 11) is 0. The fourth-order valence-electron chi connectivity index (χ4n) is 2.56. The van der Waals surface area contributed by atoms with Gasteiger partial charge in [0.05, 0.1) is 6.04 Å². The van der Waals surface area contributed by atoms with Crippen LogP contribution in [-0.4, -0.2) is 21.3 Å². The molecule has 0 bridgehead atoms. The number of fused-ring (bicyclic) bond motifs is 1. The molecule has 4 nitrogen and oxygen atoms in total. The summed E-state index contributed by atoms with van der Waals surface area (Å²) in [5.41, 5.74) is 6.90. The van der Waals surface area contributed by atoms with E-state index in [2.05, 4.69) is 16.7 Å². The summed E-state index contributed by atoms with van der Waals surface area (Å²) in [5.74, 6) is 2.22. The molecule has 0 saturated carbocycles. The summed E-state index contributed by atoms with van der Waals surface area (Å²) < 4.78 is 2.06. The molecule has 4 heteroatoms. The molecule has 1 aliphatic rings. The molecule has 0 amide bonds. The molecule has 94 valence electrons. The summed E-state index contributed by atoms with van der Waals surface area (Å²) in [6, 6.07) is 10.5. The fraction of sp³-hybridized carbons (Fsp3) is 0.429. The van der Waals surface area contributed by atoms with Crippen LogP contribution in [-0.2, 0) is 0 Å². The highest BCUT2D eigenvalue weighted by molar-refractivity contribution is 5.54. The van der Waals surface area contributed by atoms with Crippen LogP contribution in [0.3, 0.4) is 0 Å². The second-order valence-corrected chi connectivity index (χ2v) is 4.96. The zero-order chi connectivity index (χ0) is 12.5. The molecule has 1 aromatic heterocycles. The lowest BCUT2D eigenvalue weighted by Gasteiger charge is -2.25. The lowest BCUT2D eigenvalue weighted by molar-refractivity contribution is 0.349. The lowest BCUT2D eigenvalue weighted by atomic mass is 9.95. The number of rotatable bonds is 2. The molecule has 2 N–H and O–H groups in total. The number of nitrogens with two attached hydrogens (primary N) is 1. The molecule has 2 aromatic rings. The second-order valence-electron chi connectivity index (χ2n) is 4.96. The van der Waals surface area contributed by atoms with Gasteiger partial charge >= 0.3 is 0 Å². The van der Waals surface area contributed by atoms with Crippen molar-refractivity contribution in [2.24, 2.45) is 5.73 Å². The van der Waals surface area contributed by atoms with Gasteiger partial charge < -0.3 is 5.73 Å². The van der Waals surface area contributed by atoms with Crippen molar-refractivity contribution >= 4 is 0 Å². The molecule has 2 unspecified atom stereocenters. The summed E-state index contributed by atoms with van der Waals surface area (Å²) in [4.78, 5) is 4.70. The first-order valence-electron chi connectivity index (χ1n) is 6.51. The van der Waals surface area contributed by atoms with Gasteiger partial charge in [-0.1, -0.05) is 30.3 Å². The van der Waals surface area contributed by atoms with E-state index in [-0.39, 0.29) is 0 Å². The zero-order valence-electron chi connectivity index (χ0n) is 10.6. The van der Waals surface area contributed by atoms with E-state index in [1.54, 1.807) is 0 Å². The van der Waals surface area contributed by atoms with Crippen LogP contribution >= 0.6 is 0 Å². The Bertz CT molecular complexity index is 532. The number of nitrogens with zero attached hydrogens (tertiary/aromatic N) is 3. The maximum Gasteiger partial charge on any atom is 0.181 e. The Kier molecular flexibility index (Phi) is 2.88. The summed E-state index contributed by atoms with van der Waals surface area (Å²) in [5, 5.41) is 4.65. The monoisotopic (exact) mass is 242 g/mol. The average Bonchev–Trinajstić information content (AvgIpc) is 2.86. The minimum absolute atomic E-state index is 0.353. The molecule has 2 heterocycles. The molecule has 18 heavy (non-hydrogen) atoms. The highest BCUT2D eigenvalue weighted by Crippen LogP contribution is 2.32. The van der Waals surface area contributed by atoms with Crippen LogP contribution in [0.1, 0.15) is 37.5 Å². The first-order chi connectivity index (χ1) is 8.79. The molecule has 0 radical (unpaired) electrons. The predicted molar refractivity (Wildman–Crippen MR) is 71.2 cm³/mol. The van der Waals surface area contributed by atoms with E-state index < -0.39 is 0 Å². The maximum atomic E-state index is 5.83. The summed E-state index contributed by atoms with van der Waals surface area (Å²) in [6.07, 6.45) is 2.25.